The van der Waals surface area contributed by atoms with Gasteiger partial charge in [-0.05, 0) is 124 Å². The number of unbranched alkanes of at least 4 members (excludes halogenated alkanes) is 1. The molecule has 3 aliphatic rings. The topological polar surface area (TPSA) is 24.5 Å². The van der Waals surface area contributed by atoms with E-state index in [1.165, 1.54) is 83.1 Å². The van der Waals surface area contributed by atoms with Crippen molar-refractivity contribution in [3.63, 3.8) is 0 Å². The van der Waals surface area contributed by atoms with Gasteiger partial charge in [-0.15, -0.1) is 0 Å². The Balaban J connectivity index is 1.56. The Kier molecular flexibility index (Phi) is 9.94. The number of likely N-dealkylation sites (tertiary alicyclic amines) is 1. The lowest BCUT2D eigenvalue weighted by atomic mass is 9.76. The molecule has 0 saturated carbocycles. The lowest BCUT2D eigenvalue weighted by Crippen LogP contribution is -2.32. The number of allylic oxidation sites excluding steroid dienone is 2. The van der Waals surface area contributed by atoms with Crippen LogP contribution in [0.3, 0.4) is 0 Å². The summed E-state index contributed by atoms with van der Waals surface area (Å²) in [5.74, 6) is 2.29. The molecule has 4 rings (SSSR count). The maximum atomic E-state index is 5.59. The van der Waals surface area contributed by atoms with Gasteiger partial charge in [-0.2, -0.15) is 0 Å². The molecule has 3 unspecified atom stereocenters. The molecule has 0 bridgehead atoms. The van der Waals surface area contributed by atoms with Crippen molar-refractivity contribution in [1.29, 1.82) is 0 Å². The molecule has 34 heavy (non-hydrogen) atoms. The first-order valence-corrected chi connectivity index (χ1v) is 14.6. The molecule has 0 radical (unpaired) electrons. The van der Waals surface area contributed by atoms with Crippen molar-refractivity contribution in [1.82, 2.24) is 4.90 Å². The zero-order valence-electron chi connectivity index (χ0n) is 22.3. The highest BCUT2D eigenvalue weighted by molar-refractivity contribution is 5.72. The molecule has 1 aliphatic carbocycles. The molecule has 2 fully saturated rings. The third-order valence-corrected chi connectivity index (χ3v) is 8.89. The average molecular weight is 467 g/mol. The van der Waals surface area contributed by atoms with Crippen LogP contribution in [0.25, 0.3) is 5.57 Å². The van der Waals surface area contributed by atoms with Gasteiger partial charge in [0.2, 0.25) is 0 Å². The van der Waals surface area contributed by atoms with Gasteiger partial charge in [0.1, 0.15) is 0 Å². The van der Waals surface area contributed by atoms with E-state index >= 15 is 0 Å². The van der Waals surface area contributed by atoms with Gasteiger partial charge in [-0.3, -0.25) is 0 Å². The summed E-state index contributed by atoms with van der Waals surface area (Å²) in [6, 6.07) is 7.93. The molecule has 1 aromatic rings. The summed E-state index contributed by atoms with van der Waals surface area (Å²) in [6.45, 7) is 12.8. The molecule has 1 aromatic carbocycles. The quantitative estimate of drug-likeness (QED) is 0.422. The molecule has 0 aromatic heterocycles. The number of anilines is 1. The molecular weight excluding hydrogens is 416 g/mol. The highest BCUT2D eigenvalue weighted by atomic mass is 16.5. The van der Waals surface area contributed by atoms with E-state index in [0.717, 1.165) is 37.9 Å². The van der Waals surface area contributed by atoms with Crippen LogP contribution in [0.5, 0.6) is 0 Å². The first-order chi connectivity index (χ1) is 16.7. The molecule has 0 amide bonds. The number of hydrogen-bond acceptors (Lipinski definition) is 3. The molecule has 1 N–H and O–H groups in total. The molecule has 3 atom stereocenters. The van der Waals surface area contributed by atoms with Crippen LogP contribution in [0.4, 0.5) is 5.69 Å². The molecule has 190 valence electrons. The van der Waals surface area contributed by atoms with Crippen LogP contribution >= 0.6 is 0 Å². The predicted octanol–water partition coefficient (Wildman–Crippen LogP) is 7.88. The SMILES string of the molecule is CCCCN1CCCC(c2cc(NC3CCOCC3)ccc2C2=CCC(CC)CC2)C(C)CC1. The maximum Gasteiger partial charge on any atom is 0.0485 e. The third-order valence-electron chi connectivity index (χ3n) is 8.89. The Labute approximate surface area is 209 Å². The third kappa shape index (κ3) is 6.88. The van der Waals surface area contributed by atoms with E-state index in [2.05, 4.69) is 55.3 Å². The first-order valence-electron chi connectivity index (χ1n) is 14.6. The molecular formula is C31H50N2O. The standard InChI is InChI=1S/C31H50N2O/c1-4-6-18-33-19-7-8-29(24(3)15-20-33)31-23-28(32-27-16-21-34-22-17-27)13-14-30(31)26-11-9-25(5-2)10-12-26/h11,13-14,23-25,27,29,32H,4-10,12,15-22H2,1-3H3. The number of hydrogen-bond donors (Lipinski definition) is 1. The fourth-order valence-electron chi connectivity index (χ4n) is 6.42. The van der Waals surface area contributed by atoms with E-state index in [1.54, 1.807) is 16.7 Å². The Hall–Kier alpha value is -1.32. The van der Waals surface area contributed by atoms with E-state index in [1.807, 2.05) is 0 Å². The summed E-state index contributed by atoms with van der Waals surface area (Å²) in [6.07, 6.45) is 16.6. The van der Waals surface area contributed by atoms with Crippen molar-refractivity contribution >= 4 is 11.3 Å². The summed E-state index contributed by atoms with van der Waals surface area (Å²) in [4.78, 5) is 2.73. The lowest BCUT2D eigenvalue weighted by molar-refractivity contribution is 0.0904. The maximum absolute atomic E-state index is 5.59. The van der Waals surface area contributed by atoms with Crippen LogP contribution in [-0.4, -0.2) is 43.8 Å². The minimum atomic E-state index is 0.550. The number of ether oxygens (including phenoxy) is 1. The second kappa shape index (κ2) is 13.1. The Morgan fingerprint density at radius 3 is 2.62 bits per heavy atom. The van der Waals surface area contributed by atoms with Crippen molar-refractivity contribution in [3.8, 4) is 0 Å². The van der Waals surface area contributed by atoms with Crippen LogP contribution in [0, 0.1) is 11.8 Å². The monoisotopic (exact) mass is 466 g/mol. The van der Waals surface area contributed by atoms with Gasteiger partial charge in [0.05, 0.1) is 0 Å². The van der Waals surface area contributed by atoms with Crippen LogP contribution in [-0.2, 0) is 4.74 Å². The summed E-state index contributed by atoms with van der Waals surface area (Å²) >= 11 is 0. The normalized spacial score (nSPS) is 27.6. The molecule has 2 aliphatic heterocycles. The minimum Gasteiger partial charge on any atom is -0.382 e. The molecule has 2 heterocycles. The fourth-order valence-corrected chi connectivity index (χ4v) is 6.42. The van der Waals surface area contributed by atoms with E-state index < -0.39 is 0 Å². The van der Waals surface area contributed by atoms with Crippen LogP contribution < -0.4 is 5.32 Å². The van der Waals surface area contributed by atoms with Gasteiger partial charge in [-0.1, -0.05) is 45.8 Å². The van der Waals surface area contributed by atoms with E-state index in [0.29, 0.717) is 12.0 Å². The van der Waals surface area contributed by atoms with Crippen molar-refractivity contribution < 1.29 is 4.74 Å². The van der Waals surface area contributed by atoms with Gasteiger partial charge in [0.25, 0.3) is 0 Å². The Morgan fingerprint density at radius 1 is 1.03 bits per heavy atom. The first kappa shape index (κ1) is 25.8. The molecule has 3 heteroatoms. The number of nitrogens with zero attached hydrogens (tertiary/aromatic N) is 1. The van der Waals surface area contributed by atoms with Crippen molar-refractivity contribution in [2.24, 2.45) is 11.8 Å². The summed E-state index contributed by atoms with van der Waals surface area (Å²) in [7, 11) is 0. The van der Waals surface area contributed by atoms with Gasteiger partial charge >= 0.3 is 0 Å². The Bertz CT molecular complexity index is 782. The average Bonchev–Trinajstić information content (AvgIpc) is 2.87. The number of rotatable bonds is 8. The molecule has 3 nitrogen and oxygen atoms in total. The number of benzene rings is 1. The molecule has 2 saturated heterocycles. The van der Waals surface area contributed by atoms with E-state index in [-0.39, 0.29) is 0 Å². The Morgan fingerprint density at radius 2 is 1.88 bits per heavy atom. The van der Waals surface area contributed by atoms with Crippen LogP contribution in [0.1, 0.15) is 108 Å². The van der Waals surface area contributed by atoms with Gasteiger partial charge in [0, 0.05) is 24.9 Å². The minimum absolute atomic E-state index is 0.550. The second-order valence-corrected chi connectivity index (χ2v) is 11.3. The summed E-state index contributed by atoms with van der Waals surface area (Å²) in [5, 5.41) is 3.87. The van der Waals surface area contributed by atoms with E-state index in [9.17, 15) is 0 Å². The summed E-state index contributed by atoms with van der Waals surface area (Å²) in [5.41, 5.74) is 6.14. The highest BCUT2D eigenvalue weighted by Crippen LogP contribution is 2.41. The lowest BCUT2D eigenvalue weighted by Gasteiger charge is -2.34. The van der Waals surface area contributed by atoms with Gasteiger partial charge < -0.3 is 15.0 Å². The summed E-state index contributed by atoms with van der Waals surface area (Å²) < 4.78 is 5.59. The van der Waals surface area contributed by atoms with Crippen LogP contribution in [0.15, 0.2) is 24.3 Å². The second-order valence-electron chi connectivity index (χ2n) is 11.3. The van der Waals surface area contributed by atoms with Crippen molar-refractivity contribution in [2.45, 2.75) is 103 Å². The largest absolute Gasteiger partial charge is 0.382 e. The van der Waals surface area contributed by atoms with Crippen molar-refractivity contribution in [3.05, 3.63) is 35.4 Å². The van der Waals surface area contributed by atoms with E-state index in [4.69, 9.17) is 4.74 Å². The molecule has 0 spiro atoms. The number of nitrogens with one attached hydrogen (secondary N) is 1. The van der Waals surface area contributed by atoms with Crippen molar-refractivity contribution in [2.75, 3.05) is 38.2 Å². The van der Waals surface area contributed by atoms with Gasteiger partial charge in [-0.25, -0.2) is 0 Å². The van der Waals surface area contributed by atoms with Gasteiger partial charge in [0.15, 0.2) is 0 Å². The van der Waals surface area contributed by atoms with Crippen LogP contribution in [0.2, 0.25) is 0 Å². The zero-order valence-corrected chi connectivity index (χ0v) is 22.3. The predicted molar refractivity (Wildman–Crippen MR) is 147 cm³/mol. The smallest absolute Gasteiger partial charge is 0.0485 e. The highest BCUT2D eigenvalue weighted by Gasteiger charge is 2.27. The zero-order chi connectivity index (χ0) is 23.8. The fraction of sp³-hybridized carbons (Fsp3) is 0.742.